The lowest BCUT2D eigenvalue weighted by Gasteiger charge is -2.09. The Hall–Kier alpha value is -0.520. The Bertz CT molecular complexity index is 611. The molecule has 1 heterocycles. The van der Waals surface area contributed by atoms with E-state index in [0.29, 0.717) is 5.02 Å². The molecule has 0 aliphatic carbocycles. The third kappa shape index (κ3) is 3.38. The molecule has 0 fully saturated rings. The molecule has 0 saturated heterocycles. The summed E-state index contributed by atoms with van der Waals surface area (Å²) in [5, 5.41) is 8.70. The van der Waals surface area contributed by atoms with E-state index in [2.05, 4.69) is 56.1 Å². The van der Waals surface area contributed by atoms with Gasteiger partial charge in [-0.1, -0.05) is 18.5 Å². The number of aromatic nitrogens is 2. The van der Waals surface area contributed by atoms with Crippen molar-refractivity contribution in [1.29, 1.82) is 0 Å². The lowest BCUT2D eigenvalue weighted by Crippen LogP contribution is -2.08. The fourth-order valence-electron chi connectivity index (χ4n) is 1.98. The van der Waals surface area contributed by atoms with Crippen LogP contribution >= 0.6 is 43.5 Å². The molecule has 1 aromatic heterocycles. The second kappa shape index (κ2) is 6.96. The van der Waals surface area contributed by atoms with Crippen LogP contribution in [0.2, 0.25) is 5.02 Å². The molecule has 20 heavy (non-hydrogen) atoms. The van der Waals surface area contributed by atoms with E-state index in [1.165, 1.54) is 0 Å². The molecule has 0 unspecified atom stereocenters. The molecule has 0 atom stereocenters. The Morgan fingerprint density at radius 3 is 2.65 bits per heavy atom. The normalized spacial score (nSPS) is 10.8. The van der Waals surface area contributed by atoms with Crippen molar-refractivity contribution in [3.8, 4) is 0 Å². The van der Waals surface area contributed by atoms with Gasteiger partial charge in [-0.2, -0.15) is 5.10 Å². The van der Waals surface area contributed by atoms with Crippen LogP contribution in [0.25, 0.3) is 0 Å². The van der Waals surface area contributed by atoms with E-state index in [0.717, 1.165) is 45.5 Å². The first-order chi connectivity index (χ1) is 9.56. The Morgan fingerprint density at radius 2 is 2.05 bits per heavy atom. The number of rotatable bonds is 5. The molecule has 0 aliphatic rings. The second-order valence-corrected chi connectivity index (χ2v) is 6.41. The highest BCUT2D eigenvalue weighted by Gasteiger charge is 2.13. The lowest BCUT2D eigenvalue weighted by molar-refractivity contribution is 0.619. The predicted molar refractivity (Wildman–Crippen MR) is 91.5 cm³/mol. The van der Waals surface area contributed by atoms with E-state index in [1.54, 1.807) is 0 Å². The minimum absolute atomic E-state index is 0.712. The molecule has 0 amide bonds. The van der Waals surface area contributed by atoms with Gasteiger partial charge in [0.2, 0.25) is 0 Å². The first-order valence-electron chi connectivity index (χ1n) is 6.49. The zero-order valence-electron chi connectivity index (χ0n) is 11.4. The average Bonchev–Trinajstić information content (AvgIpc) is 2.76. The number of benzene rings is 1. The molecule has 6 heteroatoms. The highest BCUT2D eigenvalue weighted by atomic mass is 79.9. The van der Waals surface area contributed by atoms with Crippen LogP contribution in [0.1, 0.15) is 25.2 Å². The largest absolute Gasteiger partial charge is 0.379 e. The van der Waals surface area contributed by atoms with Crippen molar-refractivity contribution in [2.24, 2.45) is 0 Å². The summed E-state index contributed by atoms with van der Waals surface area (Å²) in [7, 11) is 0. The minimum Gasteiger partial charge on any atom is -0.379 e. The SMILES string of the molecule is CCc1nn(CC)c(CNc2ccc(Cl)c(Br)c2)c1Br. The predicted octanol–water partition coefficient (Wildman–Crippen LogP) is 5.26. The number of hydrogen-bond acceptors (Lipinski definition) is 2. The zero-order valence-corrected chi connectivity index (χ0v) is 15.3. The molecule has 0 spiro atoms. The van der Waals surface area contributed by atoms with Gasteiger partial charge in [-0.25, -0.2) is 0 Å². The van der Waals surface area contributed by atoms with E-state index in [9.17, 15) is 0 Å². The topological polar surface area (TPSA) is 29.9 Å². The molecule has 0 bridgehead atoms. The van der Waals surface area contributed by atoms with Gasteiger partial charge in [-0.05, 0) is 63.4 Å². The van der Waals surface area contributed by atoms with Crippen molar-refractivity contribution in [1.82, 2.24) is 9.78 Å². The van der Waals surface area contributed by atoms with Gasteiger partial charge in [0.25, 0.3) is 0 Å². The fourth-order valence-corrected chi connectivity index (χ4v) is 3.18. The summed E-state index contributed by atoms with van der Waals surface area (Å²) in [5.74, 6) is 0. The van der Waals surface area contributed by atoms with Crippen LogP contribution in [0.3, 0.4) is 0 Å². The highest BCUT2D eigenvalue weighted by molar-refractivity contribution is 9.10. The Kier molecular flexibility index (Phi) is 5.52. The Morgan fingerprint density at radius 1 is 1.30 bits per heavy atom. The molecule has 0 saturated carbocycles. The van der Waals surface area contributed by atoms with Crippen LogP contribution in [-0.4, -0.2) is 9.78 Å². The van der Waals surface area contributed by atoms with Gasteiger partial charge >= 0.3 is 0 Å². The molecule has 108 valence electrons. The quantitative estimate of drug-likeness (QED) is 0.714. The monoisotopic (exact) mass is 419 g/mol. The van der Waals surface area contributed by atoms with Crippen molar-refractivity contribution in [3.05, 3.63) is 43.6 Å². The summed E-state index contributed by atoms with van der Waals surface area (Å²) >= 11 is 13.1. The standard InChI is InChI=1S/C14H16Br2ClN3/c1-3-12-14(16)13(20(4-2)19-12)8-18-9-5-6-11(17)10(15)7-9/h5-7,18H,3-4,8H2,1-2H3. The number of aryl methyl sites for hydroxylation is 2. The molecule has 3 nitrogen and oxygen atoms in total. The Labute approximate surface area is 141 Å². The smallest absolute Gasteiger partial charge is 0.0767 e. The highest BCUT2D eigenvalue weighted by Crippen LogP contribution is 2.27. The van der Waals surface area contributed by atoms with Gasteiger partial charge in [-0.3, -0.25) is 4.68 Å². The van der Waals surface area contributed by atoms with Crippen molar-refractivity contribution >= 4 is 49.1 Å². The summed E-state index contributed by atoms with van der Waals surface area (Å²) in [6.45, 7) is 5.79. The van der Waals surface area contributed by atoms with Crippen LogP contribution in [0.4, 0.5) is 5.69 Å². The van der Waals surface area contributed by atoms with Gasteiger partial charge in [0, 0.05) is 16.7 Å². The molecular formula is C14H16Br2ClN3. The molecule has 2 rings (SSSR count). The minimum atomic E-state index is 0.712. The van der Waals surface area contributed by atoms with Crippen LogP contribution < -0.4 is 5.32 Å². The molecule has 0 radical (unpaired) electrons. The summed E-state index contributed by atoms with van der Waals surface area (Å²) in [6, 6.07) is 5.82. The number of hydrogen-bond donors (Lipinski definition) is 1. The van der Waals surface area contributed by atoms with Gasteiger partial charge < -0.3 is 5.32 Å². The van der Waals surface area contributed by atoms with Gasteiger partial charge in [0.1, 0.15) is 0 Å². The zero-order chi connectivity index (χ0) is 14.7. The summed E-state index contributed by atoms with van der Waals surface area (Å²) in [5.41, 5.74) is 3.28. The van der Waals surface area contributed by atoms with E-state index in [-0.39, 0.29) is 0 Å². The van der Waals surface area contributed by atoms with Gasteiger partial charge in [0.15, 0.2) is 0 Å². The third-order valence-electron chi connectivity index (χ3n) is 3.07. The number of halogens is 3. The van der Waals surface area contributed by atoms with E-state index < -0.39 is 0 Å². The molecule has 1 N–H and O–H groups in total. The van der Waals surface area contributed by atoms with Crippen molar-refractivity contribution in [2.45, 2.75) is 33.4 Å². The maximum atomic E-state index is 6.00. The third-order valence-corrected chi connectivity index (χ3v) is 5.20. The maximum Gasteiger partial charge on any atom is 0.0767 e. The molecule has 2 aromatic rings. The average molecular weight is 422 g/mol. The molecular weight excluding hydrogens is 405 g/mol. The van der Waals surface area contributed by atoms with Crippen molar-refractivity contribution < 1.29 is 0 Å². The summed E-state index contributed by atoms with van der Waals surface area (Å²) in [6.07, 6.45) is 0.924. The van der Waals surface area contributed by atoms with E-state index >= 15 is 0 Å². The maximum absolute atomic E-state index is 6.00. The van der Waals surface area contributed by atoms with Crippen molar-refractivity contribution in [2.75, 3.05) is 5.32 Å². The second-order valence-electron chi connectivity index (χ2n) is 4.36. The number of nitrogens with one attached hydrogen (secondary N) is 1. The summed E-state index contributed by atoms with van der Waals surface area (Å²) < 4.78 is 4.02. The molecule has 1 aromatic carbocycles. The first-order valence-corrected chi connectivity index (χ1v) is 8.46. The van der Waals surface area contributed by atoms with Crippen LogP contribution in [0.15, 0.2) is 27.1 Å². The number of nitrogens with zero attached hydrogens (tertiary/aromatic N) is 2. The van der Waals surface area contributed by atoms with Crippen molar-refractivity contribution in [3.63, 3.8) is 0 Å². The van der Waals surface area contributed by atoms with Crippen LogP contribution in [-0.2, 0) is 19.5 Å². The van der Waals surface area contributed by atoms with E-state index in [1.807, 2.05) is 22.9 Å². The van der Waals surface area contributed by atoms with Crippen LogP contribution in [0.5, 0.6) is 0 Å². The Balaban J connectivity index is 2.17. The molecule has 0 aliphatic heterocycles. The van der Waals surface area contributed by atoms with Gasteiger partial charge in [-0.15, -0.1) is 0 Å². The lowest BCUT2D eigenvalue weighted by atomic mass is 10.3. The summed E-state index contributed by atoms with van der Waals surface area (Å²) in [4.78, 5) is 0. The van der Waals surface area contributed by atoms with E-state index in [4.69, 9.17) is 11.6 Å². The van der Waals surface area contributed by atoms with Gasteiger partial charge in [0.05, 0.1) is 27.4 Å². The number of anilines is 1. The fraction of sp³-hybridized carbons (Fsp3) is 0.357. The first kappa shape index (κ1) is 15.9. The van der Waals surface area contributed by atoms with Crippen LogP contribution in [0, 0.1) is 0 Å².